The molecule has 1 atom stereocenters. The number of nitrogens with one attached hydrogen (secondary N) is 1. The summed E-state index contributed by atoms with van der Waals surface area (Å²) in [4.78, 5) is 34.2. The van der Waals surface area contributed by atoms with Crippen molar-refractivity contribution < 1.29 is 23.9 Å². The van der Waals surface area contributed by atoms with Gasteiger partial charge in [-0.1, -0.05) is 6.08 Å². The number of carbonyl (C=O) groups is 3. The van der Waals surface area contributed by atoms with Crippen molar-refractivity contribution in [3.63, 3.8) is 0 Å². The molecule has 0 fully saturated rings. The summed E-state index contributed by atoms with van der Waals surface area (Å²) in [5, 5.41) is 2.52. The molecule has 22 heavy (non-hydrogen) atoms. The first-order valence-corrected chi connectivity index (χ1v) is 6.76. The molecule has 1 aromatic rings. The standard InChI is InChI=1S/C16H19NO5/c1-4-9-17-16(20)12(3)22-15(19)10-21-14-7-5-13(6-8-14)11(2)18/h4-8,12H,1,9-10H2,2-3H3,(H,17,20)/t12-/m0/s1. The van der Waals surface area contributed by atoms with Gasteiger partial charge >= 0.3 is 5.97 Å². The van der Waals surface area contributed by atoms with E-state index in [4.69, 9.17) is 9.47 Å². The Morgan fingerprint density at radius 1 is 1.27 bits per heavy atom. The number of Topliss-reactive ketones (excluding diaryl/α,β-unsaturated/α-hetero) is 1. The molecule has 0 aliphatic rings. The summed E-state index contributed by atoms with van der Waals surface area (Å²) in [6.07, 6.45) is 0.622. The lowest BCUT2D eigenvalue weighted by atomic mass is 10.1. The molecule has 0 saturated carbocycles. The molecule has 1 N–H and O–H groups in total. The van der Waals surface area contributed by atoms with Crippen LogP contribution in [0.1, 0.15) is 24.2 Å². The monoisotopic (exact) mass is 305 g/mol. The Labute approximate surface area is 129 Å². The highest BCUT2D eigenvalue weighted by atomic mass is 16.6. The Morgan fingerprint density at radius 2 is 1.91 bits per heavy atom. The van der Waals surface area contributed by atoms with Crippen LogP contribution in [0.15, 0.2) is 36.9 Å². The molecule has 0 unspecified atom stereocenters. The van der Waals surface area contributed by atoms with E-state index < -0.39 is 18.0 Å². The molecule has 0 radical (unpaired) electrons. The van der Waals surface area contributed by atoms with Gasteiger partial charge in [0.2, 0.25) is 0 Å². The van der Waals surface area contributed by atoms with E-state index in [1.54, 1.807) is 24.3 Å². The molecule has 0 aliphatic carbocycles. The van der Waals surface area contributed by atoms with Gasteiger partial charge in [0.05, 0.1) is 0 Å². The largest absolute Gasteiger partial charge is 0.482 e. The number of rotatable bonds is 8. The molecule has 6 heteroatoms. The number of ether oxygens (including phenoxy) is 2. The number of carbonyl (C=O) groups excluding carboxylic acids is 3. The highest BCUT2D eigenvalue weighted by Gasteiger charge is 2.17. The second-order valence-electron chi connectivity index (χ2n) is 4.54. The van der Waals surface area contributed by atoms with E-state index in [0.717, 1.165) is 0 Å². The summed E-state index contributed by atoms with van der Waals surface area (Å²) in [7, 11) is 0. The van der Waals surface area contributed by atoms with Crippen LogP contribution in [0.25, 0.3) is 0 Å². The molecule has 0 saturated heterocycles. The van der Waals surface area contributed by atoms with Crippen molar-refractivity contribution in [3.8, 4) is 5.75 Å². The van der Waals surface area contributed by atoms with Crippen molar-refractivity contribution in [2.24, 2.45) is 0 Å². The van der Waals surface area contributed by atoms with Crippen molar-refractivity contribution in [3.05, 3.63) is 42.5 Å². The van der Waals surface area contributed by atoms with Crippen LogP contribution < -0.4 is 10.1 Å². The Bertz CT molecular complexity index is 550. The molecular weight excluding hydrogens is 286 g/mol. The lowest BCUT2D eigenvalue weighted by Crippen LogP contribution is -2.36. The van der Waals surface area contributed by atoms with E-state index in [9.17, 15) is 14.4 Å². The lowest BCUT2D eigenvalue weighted by Gasteiger charge is -2.13. The molecule has 1 aromatic carbocycles. The molecular formula is C16H19NO5. The van der Waals surface area contributed by atoms with Crippen LogP contribution in [-0.4, -0.2) is 36.9 Å². The first-order valence-electron chi connectivity index (χ1n) is 6.76. The minimum atomic E-state index is -0.906. The van der Waals surface area contributed by atoms with Gasteiger partial charge < -0.3 is 14.8 Å². The highest BCUT2D eigenvalue weighted by molar-refractivity contribution is 5.94. The molecule has 1 rings (SSSR count). The van der Waals surface area contributed by atoms with Crippen LogP contribution in [0.4, 0.5) is 0 Å². The zero-order valence-corrected chi connectivity index (χ0v) is 12.6. The van der Waals surface area contributed by atoms with Crippen molar-refractivity contribution in [2.45, 2.75) is 20.0 Å². The molecule has 0 aromatic heterocycles. The quantitative estimate of drug-likeness (QED) is 0.447. The van der Waals surface area contributed by atoms with E-state index in [1.807, 2.05) is 0 Å². The highest BCUT2D eigenvalue weighted by Crippen LogP contribution is 2.12. The second-order valence-corrected chi connectivity index (χ2v) is 4.54. The summed E-state index contributed by atoms with van der Waals surface area (Å²) < 4.78 is 10.2. The van der Waals surface area contributed by atoms with E-state index in [1.165, 1.54) is 19.9 Å². The van der Waals surface area contributed by atoms with Crippen LogP contribution >= 0.6 is 0 Å². The van der Waals surface area contributed by atoms with Gasteiger partial charge in [-0.2, -0.15) is 0 Å². The normalized spacial score (nSPS) is 11.2. The fraction of sp³-hybridized carbons (Fsp3) is 0.312. The first-order chi connectivity index (χ1) is 10.4. The van der Waals surface area contributed by atoms with Crippen molar-refractivity contribution in [2.75, 3.05) is 13.2 Å². The van der Waals surface area contributed by atoms with Crippen LogP contribution in [0.5, 0.6) is 5.75 Å². The fourth-order valence-corrected chi connectivity index (χ4v) is 1.53. The maximum atomic E-state index is 11.6. The number of hydrogen-bond acceptors (Lipinski definition) is 5. The fourth-order valence-electron chi connectivity index (χ4n) is 1.53. The van der Waals surface area contributed by atoms with Gasteiger partial charge in [-0.3, -0.25) is 9.59 Å². The lowest BCUT2D eigenvalue weighted by molar-refractivity contribution is -0.156. The Hall–Kier alpha value is -2.63. The van der Waals surface area contributed by atoms with Gasteiger partial charge in [0.1, 0.15) is 5.75 Å². The maximum absolute atomic E-state index is 11.6. The van der Waals surface area contributed by atoms with Crippen LogP contribution in [0.2, 0.25) is 0 Å². The van der Waals surface area contributed by atoms with Crippen LogP contribution in [0, 0.1) is 0 Å². The summed E-state index contributed by atoms with van der Waals surface area (Å²) in [5.74, 6) is -0.674. The minimum Gasteiger partial charge on any atom is -0.482 e. The topological polar surface area (TPSA) is 81.7 Å². The summed E-state index contributed by atoms with van der Waals surface area (Å²) >= 11 is 0. The third kappa shape index (κ3) is 5.78. The van der Waals surface area contributed by atoms with E-state index >= 15 is 0 Å². The number of hydrogen-bond donors (Lipinski definition) is 1. The van der Waals surface area contributed by atoms with Gasteiger partial charge in [-0.05, 0) is 38.1 Å². The van der Waals surface area contributed by atoms with Crippen LogP contribution in [-0.2, 0) is 14.3 Å². The average molecular weight is 305 g/mol. The second kappa shape index (κ2) is 8.61. The smallest absolute Gasteiger partial charge is 0.344 e. The van der Waals surface area contributed by atoms with E-state index in [-0.39, 0.29) is 12.4 Å². The minimum absolute atomic E-state index is 0.0506. The van der Waals surface area contributed by atoms with Crippen molar-refractivity contribution in [1.82, 2.24) is 5.32 Å². The summed E-state index contributed by atoms with van der Waals surface area (Å²) in [6.45, 7) is 6.39. The molecule has 6 nitrogen and oxygen atoms in total. The Balaban J connectivity index is 2.40. The summed E-state index contributed by atoms with van der Waals surface area (Å²) in [5.41, 5.74) is 0.558. The zero-order chi connectivity index (χ0) is 16.5. The van der Waals surface area contributed by atoms with Gasteiger partial charge in [0.15, 0.2) is 18.5 Å². The van der Waals surface area contributed by atoms with Crippen LogP contribution in [0.3, 0.4) is 0 Å². The SMILES string of the molecule is C=CCNC(=O)[C@H](C)OC(=O)COc1ccc(C(C)=O)cc1. The molecule has 0 bridgehead atoms. The van der Waals surface area contributed by atoms with Crippen molar-refractivity contribution in [1.29, 1.82) is 0 Å². The van der Waals surface area contributed by atoms with E-state index in [2.05, 4.69) is 11.9 Å². The molecule has 0 spiro atoms. The third-order valence-corrected chi connectivity index (χ3v) is 2.72. The molecule has 0 heterocycles. The average Bonchev–Trinajstić information content (AvgIpc) is 2.50. The van der Waals surface area contributed by atoms with Gasteiger partial charge in [-0.15, -0.1) is 6.58 Å². The number of ketones is 1. The first kappa shape index (κ1) is 17.4. The molecule has 0 aliphatic heterocycles. The number of esters is 1. The molecule has 118 valence electrons. The van der Waals surface area contributed by atoms with Gasteiger partial charge in [-0.25, -0.2) is 4.79 Å². The summed E-state index contributed by atoms with van der Waals surface area (Å²) in [6, 6.07) is 6.39. The number of benzene rings is 1. The van der Waals surface area contributed by atoms with Gasteiger partial charge in [0.25, 0.3) is 5.91 Å². The predicted octanol–water partition coefficient (Wildman–Crippen LogP) is 1.50. The predicted molar refractivity (Wildman–Crippen MR) is 80.7 cm³/mol. The zero-order valence-electron chi connectivity index (χ0n) is 12.6. The maximum Gasteiger partial charge on any atom is 0.344 e. The van der Waals surface area contributed by atoms with Crippen molar-refractivity contribution >= 4 is 17.7 Å². The third-order valence-electron chi connectivity index (χ3n) is 2.72. The van der Waals surface area contributed by atoms with Gasteiger partial charge in [0, 0.05) is 12.1 Å². The number of amides is 1. The molecule has 1 amide bonds. The Morgan fingerprint density at radius 3 is 2.45 bits per heavy atom. The Kier molecular flexibility index (Phi) is 6.82. The van der Waals surface area contributed by atoms with E-state index in [0.29, 0.717) is 17.9 Å².